The first-order valence-corrected chi connectivity index (χ1v) is 8.90. The van der Waals surface area contributed by atoms with Crippen LogP contribution in [0.25, 0.3) is 0 Å². The highest BCUT2D eigenvalue weighted by Gasteiger charge is 2.52. The fraction of sp³-hybridized carbons (Fsp3) is 0.611. The van der Waals surface area contributed by atoms with E-state index in [-0.39, 0.29) is 11.5 Å². The molecule has 2 aliphatic rings. The molecule has 1 aromatic carbocycles. The number of carbonyl (C=O) groups is 1. The average molecular weight is 356 g/mol. The minimum absolute atomic E-state index is 0.00880. The Balaban J connectivity index is 1.86. The molecule has 0 unspecified atom stereocenters. The van der Waals surface area contributed by atoms with E-state index in [1.807, 2.05) is 37.8 Å². The molecule has 0 N–H and O–H groups in total. The lowest BCUT2D eigenvalue weighted by molar-refractivity contribution is 0.0277. The first-order valence-electron chi connectivity index (χ1n) is 8.15. The third kappa shape index (κ3) is 3.18. The molecule has 126 valence electrons. The van der Waals surface area contributed by atoms with E-state index < -0.39 is 5.60 Å². The second kappa shape index (κ2) is 5.86. The lowest BCUT2D eigenvalue weighted by Gasteiger charge is -2.30. The summed E-state index contributed by atoms with van der Waals surface area (Å²) in [4.78, 5) is 14.3. The van der Waals surface area contributed by atoms with Gasteiger partial charge in [0.05, 0.1) is 10.0 Å². The Hall–Kier alpha value is -0.930. The molecule has 3 nitrogen and oxygen atoms in total. The normalized spacial score (nSPS) is 27.2. The molecule has 2 atom stereocenters. The van der Waals surface area contributed by atoms with E-state index in [1.165, 1.54) is 12.0 Å². The van der Waals surface area contributed by atoms with Gasteiger partial charge >= 0.3 is 6.09 Å². The van der Waals surface area contributed by atoms with Gasteiger partial charge in [-0.15, -0.1) is 0 Å². The van der Waals surface area contributed by atoms with Crippen LogP contribution in [0, 0.1) is 5.92 Å². The SMILES string of the molecule is CC(C)(C)OC(=O)N1C[C@H]2CCC[C@@]2(c2ccc(Cl)c(Cl)c2)C1. The van der Waals surface area contributed by atoms with Crippen LogP contribution < -0.4 is 0 Å². The summed E-state index contributed by atoms with van der Waals surface area (Å²) in [6, 6.07) is 5.89. The number of fused-ring (bicyclic) bond motifs is 1. The van der Waals surface area contributed by atoms with Crippen LogP contribution in [-0.4, -0.2) is 29.7 Å². The van der Waals surface area contributed by atoms with Crippen molar-refractivity contribution in [3.05, 3.63) is 33.8 Å². The smallest absolute Gasteiger partial charge is 0.410 e. The fourth-order valence-corrected chi connectivity index (χ4v) is 4.33. The molecule has 1 heterocycles. The van der Waals surface area contributed by atoms with Gasteiger partial charge in [-0.3, -0.25) is 0 Å². The number of amides is 1. The summed E-state index contributed by atoms with van der Waals surface area (Å²) in [6.07, 6.45) is 3.19. The lowest BCUT2D eigenvalue weighted by Crippen LogP contribution is -2.38. The zero-order valence-corrected chi connectivity index (χ0v) is 15.4. The highest BCUT2D eigenvalue weighted by atomic mass is 35.5. The molecule has 1 aliphatic heterocycles. The van der Waals surface area contributed by atoms with E-state index in [2.05, 4.69) is 6.07 Å². The van der Waals surface area contributed by atoms with E-state index >= 15 is 0 Å². The maximum absolute atomic E-state index is 12.4. The molecule has 1 aliphatic carbocycles. The molecule has 1 amide bonds. The molecule has 23 heavy (non-hydrogen) atoms. The van der Waals surface area contributed by atoms with Crippen molar-refractivity contribution in [2.24, 2.45) is 5.92 Å². The summed E-state index contributed by atoms with van der Waals surface area (Å²) in [5.74, 6) is 0.465. The van der Waals surface area contributed by atoms with Crippen LogP contribution in [0.15, 0.2) is 18.2 Å². The van der Waals surface area contributed by atoms with E-state index in [0.29, 0.717) is 22.5 Å². The minimum atomic E-state index is -0.467. The van der Waals surface area contributed by atoms with Crippen molar-refractivity contribution in [3.8, 4) is 0 Å². The van der Waals surface area contributed by atoms with Gasteiger partial charge in [0.1, 0.15) is 5.60 Å². The number of ether oxygens (including phenoxy) is 1. The molecule has 1 saturated carbocycles. The van der Waals surface area contributed by atoms with Gasteiger partial charge < -0.3 is 9.64 Å². The van der Waals surface area contributed by atoms with E-state index in [1.54, 1.807) is 0 Å². The lowest BCUT2D eigenvalue weighted by atomic mass is 9.75. The summed E-state index contributed by atoms with van der Waals surface area (Å²) < 4.78 is 5.55. The number of carbonyl (C=O) groups excluding carboxylic acids is 1. The Bertz CT molecular complexity index is 626. The molecule has 0 radical (unpaired) electrons. The molecule has 0 spiro atoms. The highest BCUT2D eigenvalue weighted by molar-refractivity contribution is 6.42. The zero-order chi connectivity index (χ0) is 16.8. The topological polar surface area (TPSA) is 29.5 Å². The van der Waals surface area contributed by atoms with Gasteiger partial charge in [-0.2, -0.15) is 0 Å². The summed E-state index contributed by atoms with van der Waals surface area (Å²) in [5.41, 5.74) is 0.719. The average Bonchev–Trinajstić information content (AvgIpc) is 2.97. The van der Waals surface area contributed by atoms with Crippen LogP contribution >= 0.6 is 23.2 Å². The largest absolute Gasteiger partial charge is 0.444 e. The second-order valence-corrected chi connectivity index (χ2v) is 8.55. The van der Waals surface area contributed by atoms with Gasteiger partial charge in [-0.05, 0) is 57.2 Å². The maximum atomic E-state index is 12.4. The van der Waals surface area contributed by atoms with Crippen LogP contribution in [-0.2, 0) is 10.2 Å². The number of rotatable bonds is 1. The van der Waals surface area contributed by atoms with Crippen molar-refractivity contribution in [2.75, 3.05) is 13.1 Å². The summed E-state index contributed by atoms with van der Waals surface area (Å²) >= 11 is 12.3. The van der Waals surface area contributed by atoms with Crippen molar-refractivity contribution in [2.45, 2.75) is 51.0 Å². The van der Waals surface area contributed by atoms with E-state index in [9.17, 15) is 4.79 Å². The third-order valence-corrected chi connectivity index (χ3v) is 5.76. The standard InChI is InChI=1S/C18H23Cl2NO2/c1-17(2,3)23-16(22)21-10-13-5-4-8-18(13,11-21)12-6-7-14(19)15(20)9-12/h6-7,9,13H,4-5,8,10-11H2,1-3H3/t13-,18+/m1/s1. The first-order chi connectivity index (χ1) is 10.7. The van der Waals surface area contributed by atoms with Crippen molar-refractivity contribution in [3.63, 3.8) is 0 Å². The Morgan fingerprint density at radius 1 is 1.30 bits per heavy atom. The zero-order valence-electron chi connectivity index (χ0n) is 13.9. The Morgan fingerprint density at radius 3 is 2.70 bits per heavy atom. The molecule has 0 bridgehead atoms. The van der Waals surface area contributed by atoms with E-state index in [4.69, 9.17) is 27.9 Å². The molecular formula is C18H23Cl2NO2. The van der Waals surface area contributed by atoms with Crippen LogP contribution in [0.1, 0.15) is 45.6 Å². The van der Waals surface area contributed by atoms with Gasteiger partial charge in [-0.1, -0.05) is 35.7 Å². The molecule has 5 heteroatoms. The minimum Gasteiger partial charge on any atom is -0.444 e. The van der Waals surface area contributed by atoms with Crippen LogP contribution in [0.3, 0.4) is 0 Å². The quantitative estimate of drug-likeness (QED) is 0.685. The Morgan fingerprint density at radius 2 is 2.04 bits per heavy atom. The fourth-order valence-electron chi connectivity index (χ4n) is 4.03. The number of likely N-dealkylation sites (tertiary alicyclic amines) is 1. The molecule has 2 fully saturated rings. The Labute approximate surface area is 147 Å². The van der Waals surface area contributed by atoms with Gasteiger partial charge in [0.15, 0.2) is 0 Å². The number of hydrogen-bond donors (Lipinski definition) is 0. The number of nitrogens with zero attached hydrogens (tertiary/aromatic N) is 1. The van der Waals surface area contributed by atoms with Gasteiger partial charge in [0.25, 0.3) is 0 Å². The number of halogens is 2. The van der Waals surface area contributed by atoms with Crippen LogP contribution in [0.4, 0.5) is 4.79 Å². The van der Waals surface area contributed by atoms with Crippen LogP contribution in [0.2, 0.25) is 10.0 Å². The molecular weight excluding hydrogens is 333 g/mol. The third-order valence-electron chi connectivity index (χ3n) is 5.02. The van der Waals surface area contributed by atoms with Crippen molar-refractivity contribution >= 4 is 29.3 Å². The van der Waals surface area contributed by atoms with E-state index in [0.717, 1.165) is 19.4 Å². The summed E-state index contributed by atoms with van der Waals surface area (Å²) in [7, 11) is 0. The first kappa shape index (κ1) is 16.9. The predicted molar refractivity (Wildman–Crippen MR) is 93.3 cm³/mol. The number of hydrogen-bond acceptors (Lipinski definition) is 2. The van der Waals surface area contributed by atoms with Gasteiger partial charge in [0.2, 0.25) is 0 Å². The second-order valence-electron chi connectivity index (χ2n) is 7.74. The monoisotopic (exact) mass is 355 g/mol. The molecule has 1 saturated heterocycles. The van der Waals surface area contributed by atoms with Crippen molar-refractivity contribution in [1.29, 1.82) is 0 Å². The maximum Gasteiger partial charge on any atom is 0.410 e. The number of benzene rings is 1. The predicted octanol–water partition coefficient (Wildman–Crippen LogP) is 5.28. The van der Waals surface area contributed by atoms with Crippen LogP contribution in [0.5, 0.6) is 0 Å². The summed E-state index contributed by atoms with van der Waals surface area (Å²) in [6.45, 7) is 7.16. The highest BCUT2D eigenvalue weighted by Crippen LogP contribution is 2.51. The Kier molecular flexibility index (Phi) is 4.31. The van der Waals surface area contributed by atoms with Gasteiger partial charge in [-0.25, -0.2) is 4.79 Å². The molecule has 1 aromatic rings. The van der Waals surface area contributed by atoms with Gasteiger partial charge in [0, 0.05) is 18.5 Å². The molecule has 3 rings (SSSR count). The summed E-state index contributed by atoms with van der Waals surface area (Å²) in [5, 5.41) is 1.16. The molecule has 0 aromatic heterocycles. The van der Waals surface area contributed by atoms with Crippen molar-refractivity contribution < 1.29 is 9.53 Å². The van der Waals surface area contributed by atoms with Crippen molar-refractivity contribution in [1.82, 2.24) is 4.90 Å².